The minimum Gasteiger partial charge on any atom is -0.394 e. The lowest BCUT2D eigenvalue weighted by Gasteiger charge is -2.31. The van der Waals surface area contributed by atoms with Gasteiger partial charge in [-0.05, 0) is 0 Å². The molecule has 1 aromatic carbocycles. The fraction of sp³-hybridized carbons (Fsp3) is 0.412. The molecule has 1 unspecified atom stereocenters. The number of carbonyl (C=O) groups excluding carboxylic acids is 1. The van der Waals surface area contributed by atoms with Gasteiger partial charge < -0.3 is 19.8 Å². The Kier molecular flexibility index (Phi) is 4.35. The van der Waals surface area contributed by atoms with Crippen molar-refractivity contribution in [1.82, 2.24) is 4.90 Å². The number of alkyl halides is 1. The van der Waals surface area contributed by atoms with Gasteiger partial charge in [0.1, 0.15) is 30.9 Å². The van der Waals surface area contributed by atoms with Crippen LogP contribution in [0.4, 0.5) is 4.39 Å². The maximum atomic E-state index is 14.5. The van der Waals surface area contributed by atoms with Crippen LogP contribution >= 0.6 is 0 Å². The molecule has 1 aromatic rings. The number of Topliss-reactive ketones (excluding diaryl/α,β-unsaturated/α-hetero) is 1. The number of rotatable bonds is 4. The lowest BCUT2D eigenvalue weighted by molar-refractivity contribution is -0.0611. The fourth-order valence-electron chi connectivity index (χ4n) is 3.36. The SMILES string of the molecule is NC1(C(=O)c2ccccc2)N=CN=C2C1=NCN2[C@@H]1O[C@H](CO)[C@@H](O)[C@H]1F. The molecule has 0 saturated carbocycles. The van der Waals surface area contributed by atoms with Gasteiger partial charge in [-0.25, -0.2) is 14.4 Å². The summed E-state index contributed by atoms with van der Waals surface area (Å²) in [5, 5.41) is 19.1. The largest absolute Gasteiger partial charge is 0.394 e. The Balaban J connectivity index is 1.62. The standard InChI is InChI=1S/C17H18FN5O4/c18-11-12(25)10(6-24)27-16(11)23-8-21-13-15(23)20-7-22-17(13,19)14(26)9-4-2-1-3-5-9/h1-5,7,10-12,16,24-25H,6,8,19H2/t10-,11-,12-,16-,17?/m1/s1. The summed E-state index contributed by atoms with van der Waals surface area (Å²) in [5.41, 5.74) is 4.97. The Morgan fingerprint density at radius 3 is 2.81 bits per heavy atom. The van der Waals surface area contributed by atoms with Crippen molar-refractivity contribution >= 4 is 23.7 Å². The zero-order valence-corrected chi connectivity index (χ0v) is 14.1. The average molecular weight is 375 g/mol. The van der Waals surface area contributed by atoms with Crippen molar-refractivity contribution in [3.05, 3.63) is 35.9 Å². The number of aliphatic imine (C=N–C) groups is 3. The number of hydrogen-bond acceptors (Lipinski definition) is 9. The van der Waals surface area contributed by atoms with Crippen molar-refractivity contribution in [2.75, 3.05) is 13.3 Å². The van der Waals surface area contributed by atoms with E-state index in [4.69, 9.17) is 10.5 Å². The molecule has 3 heterocycles. The lowest BCUT2D eigenvalue weighted by atomic mass is 9.93. The molecule has 142 valence electrons. The van der Waals surface area contributed by atoms with E-state index in [1.54, 1.807) is 30.3 Å². The molecule has 0 bridgehead atoms. The van der Waals surface area contributed by atoms with E-state index in [1.807, 2.05) is 0 Å². The summed E-state index contributed by atoms with van der Waals surface area (Å²) in [7, 11) is 0. The molecule has 1 saturated heterocycles. The third kappa shape index (κ3) is 2.69. The number of benzene rings is 1. The molecule has 27 heavy (non-hydrogen) atoms. The Morgan fingerprint density at radius 1 is 1.41 bits per heavy atom. The molecule has 3 aliphatic rings. The van der Waals surface area contributed by atoms with E-state index >= 15 is 0 Å². The Labute approximate surface area is 153 Å². The van der Waals surface area contributed by atoms with Gasteiger partial charge in [0.25, 0.3) is 0 Å². The van der Waals surface area contributed by atoms with Crippen LogP contribution < -0.4 is 5.73 Å². The number of fused-ring (bicyclic) bond motifs is 1. The van der Waals surface area contributed by atoms with E-state index < -0.39 is 42.7 Å². The molecule has 0 amide bonds. The van der Waals surface area contributed by atoms with Crippen LogP contribution in [0.5, 0.6) is 0 Å². The maximum absolute atomic E-state index is 14.5. The van der Waals surface area contributed by atoms with Crippen LogP contribution in [0.3, 0.4) is 0 Å². The van der Waals surface area contributed by atoms with E-state index in [1.165, 1.54) is 4.90 Å². The highest BCUT2D eigenvalue weighted by molar-refractivity contribution is 6.52. The second kappa shape index (κ2) is 6.57. The number of ether oxygens (including phenoxy) is 1. The summed E-state index contributed by atoms with van der Waals surface area (Å²) in [6.07, 6.45) is -4.39. The molecule has 10 heteroatoms. The maximum Gasteiger partial charge on any atom is 0.219 e. The Hall–Kier alpha value is -2.53. The van der Waals surface area contributed by atoms with Crippen molar-refractivity contribution in [1.29, 1.82) is 0 Å². The molecule has 0 aromatic heterocycles. The molecular formula is C17H18FN5O4. The van der Waals surface area contributed by atoms with Crippen LogP contribution in [-0.4, -0.2) is 82.3 Å². The summed E-state index contributed by atoms with van der Waals surface area (Å²) >= 11 is 0. The van der Waals surface area contributed by atoms with Gasteiger partial charge in [0.05, 0.1) is 6.61 Å². The first-order valence-electron chi connectivity index (χ1n) is 8.38. The van der Waals surface area contributed by atoms with Gasteiger partial charge in [0.15, 0.2) is 18.2 Å². The van der Waals surface area contributed by atoms with E-state index in [0.717, 1.165) is 6.34 Å². The van der Waals surface area contributed by atoms with Crippen molar-refractivity contribution < 1.29 is 24.1 Å². The molecule has 9 nitrogen and oxygen atoms in total. The average Bonchev–Trinajstić information content (AvgIpc) is 3.24. The number of nitrogens with two attached hydrogens (primary N) is 1. The lowest BCUT2D eigenvalue weighted by Crippen LogP contribution is -2.59. The van der Waals surface area contributed by atoms with Gasteiger partial charge in [-0.3, -0.25) is 15.5 Å². The number of aliphatic hydroxyl groups is 2. The number of halogens is 1. The predicted octanol–water partition coefficient (Wildman–Crippen LogP) is -0.905. The molecule has 4 N–H and O–H groups in total. The molecule has 0 spiro atoms. The number of hydrogen-bond donors (Lipinski definition) is 3. The van der Waals surface area contributed by atoms with E-state index in [0.29, 0.717) is 5.56 Å². The molecule has 0 aliphatic carbocycles. The first-order chi connectivity index (χ1) is 13.0. The first-order valence-corrected chi connectivity index (χ1v) is 8.38. The highest BCUT2D eigenvalue weighted by atomic mass is 19.1. The summed E-state index contributed by atoms with van der Waals surface area (Å²) in [6, 6.07) is 8.42. The number of aliphatic hydroxyl groups excluding tert-OH is 2. The molecule has 0 radical (unpaired) electrons. The Bertz CT molecular complexity index is 845. The first kappa shape index (κ1) is 17.9. The monoisotopic (exact) mass is 375 g/mol. The highest BCUT2D eigenvalue weighted by Crippen LogP contribution is 2.31. The van der Waals surface area contributed by atoms with Crippen LogP contribution in [0.2, 0.25) is 0 Å². The zero-order chi connectivity index (χ0) is 19.2. The minimum absolute atomic E-state index is 0.0610. The molecule has 3 aliphatic heterocycles. The van der Waals surface area contributed by atoms with Gasteiger partial charge in [0.2, 0.25) is 11.4 Å². The summed E-state index contributed by atoms with van der Waals surface area (Å²) in [4.78, 5) is 26.7. The number of nitrogens with zero attached hydrogens (tertiary/aromatic N) is 4. The molecule has 5 atom stereocenters. The zero-order valence-electron chi connectivity index (χ0n) is 14.1. The van der Waals surface area contributed by atoms with Crippen LogP contribution in [0, 0.1) is 0 Å². The fourth-order valence-corrected chi connectivity index (χ4v) is 3.36. The summed E-state index contributed by atoms with van der Waals surface area (Å²) < 4.78 is 19.9. The van der Waals surface area contributed by atoms with E-state index in [2.05, 4.69) is 15.0 Å². The third-order valence-corrected chi connectivity index (χ3v) is 4.83. The molecular weight excluding hydrogens is 357 g/mol. The van der Waals surface area contributed by atoms with Crippen molar-refractivity contribution in [2.45, 2.75) is 30.3 Å². The van der Waals surface area contributed by atoms with Gasteiger partial charge in [-0.2, -0.15) is 0 Å². The van der Waals surface area contributed by atoms with Gasteiger partial charge in [0, 0.05) is 5.56 Å². The predicted molar refractivity (Wildman–Crippen MR) is 94.4 cm³/mol. The summed E-state index contributed by atoms with van der Waals surface area (Å²) in [6.45, 7) is -0.588. The van der Waals surface area contributed by atoms with Gasteiger partial charge in [-0.1, -0.05) is 30.3 Å². The van der Waals surface area contributed by atoms with Crippen LogP contribution in [0.15, 0.2) is 45.3 Å². The molecule has 1 fully saturated rings. The van der Waals surface area contributed by atoms with E-state index in [-0.39, 0.29) is 18.2 Å². The second-order valence-corrected chi connectivity index (χ2v) is 6.46. The second-order valence-electron chi connectivity index (χ2n) is 6.46. The van der Waals surface area contributed by atoms with Gasteiger partial charge in [-0.15, -0.1) is 0 Å². The van der Waals surface area contributed by atoms with Crippen LogP contribution in [0.25, 0.3) is 0 Å². The normalized spacial score (nSPS) is 35.0. The van der Waals surface area contributed by atoms with Crippen molar-refractivity contribution in [3.63, 3.8) is 0 Å². The van der Waals surface area contributed by atoms with Crippen molar-refractivity contribution in [2.24, 2.45) is 20.7 Å². The minimum atomic E-state index is -1.79. The van der Waals surface area contributed by atoms with E-state index in [9.17, 15) is 19.4 Å². The third-order valence-electron chi connectivity index (χ3n) is 4.83. The van der Waals surface area contributed by atoms with Gasteiger partial charge >= 0.3 is 0 Å². The van der Waals surface area contributed by atoms with Crippen molar-refractivity contribution in [3.8, 4) is 0 Å². The number of ketones is 1. The quantitative estimate of drug-likeness (QED) is 0.584. The highest BCUT2D eigenvalue weighted by Gasteiger charge is 2.53. The topological polar surface area (TPSA) is 133 Å². The number of amidine groups is 1. The van der Waals surface area contributed by atoms with Crippen LogP contribution in [0.1, 0.15) is 10.4 Å². The number of carbonyl (C=O) groups is 1. The summed E-state index contributed by atoms with van der Waals surface area (Å²) in [5.74, 6) is -0.306. The Morgan fingerprint density at radius 2 is 2.15 bits per heavy atom. The van der Waals surface area contributed by atoms with Crippen LogP contribution in [-0.2, 0) is 4.74 Å². The smallest absolute Gasteiger partial charge is 0.219 e. The molecule has 4 rings (SSSR count).